The van der Waals surface area contributed by atoms with E-state index in [2.05, 4.69) is 35.4 Å². The molecule has 1 atom stereocenters. The van der Waals surface area contributed by atoms with Crippen molar-refractivity contribution in [3.8, 4) is 0 Å². The van der Waals surface area contributed by atoms with E-state index in [1.54, 1.807) is 0 Å². The number of carbonyl (C=O) groups excluding carboxylic acids is 1. The van der Waals surface area contributed by atoms with Crippen molar-refractivity contribution in [2.45, 2.75) is 65.0 Å². The lowest BCUT2D eigenvalue weighted by molar-refractivity contribution is -0.134. The summed E-state index contributed by atoms with van der Waals surface area (Å²) < 4.78 is 1.88. The monoisotopic (exact) mass is 318 g/mol. The topological polar surface area (TPSA) is 50.2 Å². The van der Waals surface area contributed by atoms with Gasteiger partial charge in [-0.15, -0.1) is 0 Å². The van der Waals surface area contributed by atoms with Gasteiger partial charge in [-0.05, 0) is 46.1 Å². The molecule has 1 saturated heterocycles. The van der Waals surface area contributed by atoms with E-state index in [0.717, 1.165) is 51.0 Å². The predicted octanol–water partition coefficient (Wildman–Crippen LogP) is 2.39. The number of hydrogen-bond acceptors (Lipinski definition) is 3. The number of nitrogens with one attached hydrogen (secondary N) is 1. The smallest absolute Gasteiger partial charge is 0.227 e. The highest BCUT2D eigenvalue weighted by molar-refractivity contribution is 5.82. The van der Waals surface area contributed by atoms with Crippen molar-refractivity contribution in [2.75, 3.05) is 13.1 Å². The largest absolute Gasteiger partial charge is 0.353 e. The van der Waals surface area contributed by atoms with Gasteiger partial charge >= 0.3 is 0 Å². The third kappa shape index (κ3) is 3.77. The number of rotatable bonds is 4. The van der Waals surface area contributed by atoms with Crippen molar-refractivity contribution >= 4 is 5.91 Å². The highest BCUT2D eigenvalue weighted by Crippen LogP contribution is 2.31. The molecule has 0 spiro atoms. The van der Waals surface area contributed by atoms with Gasteiger partial charge in [-0.1, -0.05) is 12.8 Å². The second kappa shape index (κ2) is 6.63. The van der Waals surface area contributed by atoms with Crippen LogP contribution in [-0.2, 0) is 18.4 Å². The van der Waals surface area contributed by atoms with E-state index in [-0.39, 0.29) is 11.3 Å². The highest BCUT2D eigenvalue weighted by atomic mass is 16.2. The lowest BCUT2D eigenvalue weighted by Crippen LogP contribution is -2.51. The van der Waals surface area contributed by atoms with Gasteiger partial charge in [0.2, 0.25) is 5.91 Å². The Hall–Kier alpha value is -1.36. The quantitative estimate of drug-likeness (QED) is 0.927. The zero-order valence-corrected chi connectivity index (χ0v) is 14.8. The van der Waals surface area contributed by atoms with Crippen molar-refractivity contribution in [2.24, 2.45) is 12.5 Å². The highest BCUT2D eigenvalue weighted by Gasteiger charge is 2.38. The fourth-order valence-electron chi connectivity index (χ4n) is 4.14. The fraction of sp³-hybridized carbons (Fsp3) is 0.778. The standard InChI is InChI=1S/C18H30N4O/c1-14-15(11-21(3)20-14)12-22-10-6-9-18(2,13-22)17(23)19-16-7-4-5-8-16/h11,16H,4-10,12-13H2,1-3H3,(H,19,23). The molecule has 0 aromatic carbocycles. The number of hydrogen-bond donors (Lipinski definition) is 1. The molecule has 1 unspecified atom stereocenters. The minimum absolute atomic E-state index is 0.253. The zero-order chi connectivity index (χ0) is 16.4. The van der Waals surface area contributed by atoms with Crippen LogP contribution in [0.3, 0.4) is 0 Å². The summed E-state index contributed by atoms with van der Waals surface area (Å²) in [7, 11) is 1.96. The minimum Gasteiger partial charge on any atom is -0.353 e. The van der Waals surface area contributed by atoms with Gasteiger partial charge in [-0.3, -0.25) is 14.4 Å². The first-order chi connectivity index (χ1) is 11.0. The van der Waals surface area contributed by atoms with Crippen LogP contribution in [-0.4, -0.2) is 39.7 Å². The molecule has 0 radical (unpaired) electrons. The van der Waals surface area contributed by atoms with Crippen molar-refractivity contribution in [3.05, 3.63) is 17.5 Å². The van der Waals surface area contributed by atoms with Crippen LogP contribution in [0.1, 0.15) is 56.7 Å². The molecule has 1 aliphatic carbocycles. The van der Waals surface area contributed by atoms with Gasteiger partial charge in [-0.2, -0.15) is 5.10 Å². The van der Waals surface area contributed by atoms with E-state index in [4.69, 9.17) is 0 Å². The van der Waals surface area contributed by atoms with Crippen molar-refractivity contribution < 1.29 is 4.79 Å². The van der Waals surface area contributed by atoms with Crippen molar-refractivity contribution in [1.29, 1.82) is 0 Å². The third-order valence-corrected chi connectivity index (χ3v) is 5.52. The van der Waals surface area contributed by atoms with Crippen LogP contribution < -0.4 is 5.32 Å². The summed E-state index contributed by atoms with van der Waals surface area (Å²) in [6, 6.07) is 0.412. The normalized spacial score (nSPS) is 26.6. The molecule has 2 heterocycles. The number of aryl methyl sites for hydroxylation is 2. The SMILES string of the molecule is Cc1nn(C)cc1CN1CCCC(C)(C(=O)NC2CCCC2)C1. The maximum atomic E-state index is 12.8. The summed E-state index contributed by atoms with van der Waals surface area (Å²) in [5, 5.41) is 7.73. The van der Waals surface area contributed by atoms with Crippen molar-refractivity contribution in [3.63, 3.8) is 0 Å². The van der Waals surface area contributed by atoms with Crippen LogP contribution in [0.2, 0.25) is 0 Å². The van der Waals surface area contributed by atoms with E-state index in [9.17, 15) is 4.79 Å². The molecule has 128 valence electrons. The Labute approximate surface area is 139 Å². The van der Waals surface area contributed by atoms with Crippen LogP contribution in [0.4, 0.5) is 0 Å². The molecule has 1 N–H and O–H groups in total. The first-order valence-corrected chi connectivity index (χ1v) is 8.99. The summed E-state index contributed by atoms with van der Waals surface area (Å²) in [6.45, 7) is 7.01. The molecule has 1 amide bonds. The number of likely N-dealkylation sites (tertiary alicyclic amines) is 1. The van der Waals surface area contributed by atoms with Crippen LogP contribution in [0.5, 0.6) is 0 Å². The third-order valence-electron chi connectivity index (χ3n) is 5.52. The summed E-state index contributed by atoms with van der Waals surface area (Å²) >= 11 is 0. The van der Waals surface area contributed by atoms with Gasteiger partial charge in [0.15, 0.2) is 0 Å². The number of nitrogens with zero attached hydrogens (tertiary/aromatic N) is 3. The second-order valence-corrected chi connectivity index (χ2v) is 7.74. The second-order valence-electron chi connectivity index (χ2n) is 7.74. The molecule has 1 saturated carbocycles. The van der Waals surface area contributed by atoms with E-state index in [1.807, 2.05) is 11.7 Å². The van der Waals surface area contributed by atoms with Crippen LogP contribution in [0.25, 0.3) is 0 Å². The Morgan fingerprint density at radius 3 is 2.78 bits per heavy atom. The molecule has 0 bridgehead atoms. The Balaban J connectivity index is 1.62. The van der Waals surface area contributed by atoms with Gasteiger partial charge in [0.05, 0.1) is 11.1 Å². The minimum atomic E-state index is -0.253. The fourth-order valence-corrected chi connectivity index (χ4v) is 4.14. The van der Waals surface area contributed by atoms with Gasteiger partial charge in [0.1, 0.15) is 0 Å². The molecular weight excluding hydrogens is 288 g/mol. The average Bonchev–Trinajstić information content (AvgIpc) is 3.09. The molecule has 1 aromatic heterocycles. The van der Waals surface area contributed by atoms with Crippen LogP contribution >= 0.6 is 0 Å². The van der Waals surface area contributed by atoms with E-state index in [0.29, 0.717) is 6.04 Å². The van der Waals surface area contributed by atoms with Crippen molar-refractivity contribution in [1.82, 2.24) is 20.0 Å². The number of carbonyl (C=O) groups is 1. The van der Waals surface area contributed by atoms with Gasteiger partial charge in [0.25, 0.3) is 0 Å². The molecule has 3 rings (SSSR count). The Kier molecular flexibility index (Phi) is 4.76. The predicted molar refractivity (Wildman–Crippen MR) is 91.0 cm³/mol. The zero-order valence-electron chi connectivity index (χ0n) is 14.8. The Morgan fingerprint density at radius 2 is 2.13 bits per heavy atom. The number of amides is 1. The van der Waals surface area contributed by atoms with Crippen LogP contribution in [0.15, 0.2) is 6.20 Å². The maximum absolute atomic E-state index is 12.8. The summed E-state index contributed by atoms with van der Waals surface area (Å²) in [4.78, 5) is 15.2. The Morgan fingerprint density at radius 1 is 1.39 bits per heavy atom. The van der Waals surface area contributed by atoms with E-state index < -0.39 is 0 Å². The first kappa shape index (κ1) is 16.5. The molecule has 2 fully saturated rings. The van der Waals surface area contributed by atoms with Gasteiger partial charge in [-0.25, -0.2) is 0 Å². The molecule has 5 heteroatoms. The van der Waals surface area contributed by atoms with Gasteiger partial charge in [0, 0.05) is 37.9 Å². The van der Waals surface area contributed by atoms with Gasteiger partial charge < -0.3 is 5.32 Å². The summed E-state index contributed by atoms with van der Waals surface area (Å²) in [5.41, 5.74) is 2.11. The lowest BCUT2D eigenvalue weighted by Gasteiger charge is -2.39. The molecule has 1 aromatic rings. The first-order valence-electron chi connectivity index (χ1n) is 8.99. The molecule has 1 aliphatic heterocycles. The number of piperidine rings is 1. The molecule has 2 aliphatic rings. The van der Waals surface area contributed by atoms with E-state index in [1.165, 1.54) is 18.4 Å². The number of aromatic nitrogens is 2. The lowest BCUT2D eigenvalue weighted by atomic mass is 9.80. The molecule has 23 heavy (non-hydrogen) atoms. The maximum Gasteiger partial charge on any atom is 0.227 e. The molecular formula is C18H30N4O. The average molecular weight is 318 g/mol. The van der Waals surface area contributed by atoms with Crippen LogP contribution in [0, 0.1) is 12.3 Å². The summed E-state index contributed by atoms with van der Waals surface area (Å²) in [6.07, 6.45) is 9.00. The molecule has 5 nitrogen and oxygen atoms in total. The Bertz CT molecular complexity index is 561. The summed E-state index contributed by atoms with van der Waals surface area (Å²) in [5.74, 6) is 0.261. The van der Waals surface area contributed by atoms with E-state index >= 15 is 0 Å².